The summed E-state index contributed by atoms with van der Waals surface area (Å²) in [6.07, 6.45) is 2.56. The van der Waals surface area contributed by atoms with Crippen LogP contribution < -0.4 is 5.32 Å². The average molecular weight is 304 g/mol. The Balaban J connectivity index is 1.96. The lowest BCUT2D eigenvalue weighted by atomic mass is 9.96. The van der Waals surface area contributed by atoms with Gasteiger partial charge in [0.1, 0.15) is 12.0 Å². The van der Waals surface area contributed by atoms with Gasteiger partial charge in [0, 0.05) is 12.5 Å². The maximum atomic E-state index is 14.0. The van der Waals surface area contributed by atoms with Gasteiger partial charge < -0.3 is 5.32 Å². The van der Waals surface area contributed by atoms with Crippen LogP contribution in [0.1, 0.15) is 24.8 Å². The SMILES string of the molecule is Fc1ccc(CC(F)C2CCCCN2)cc1Br. The van der Waals surface area contributed by atoms with E-state index in [1.807, 2.05) is 0 Å². The van der Waals surface area contributed by atoms with Gasteiger partial charge in [0.05, 0.1) is 4.47 Å². The van der Waals surface area contributed by atoms with Crippen molar-refractivity contribution < 1.29 is 8.78 Å². The van der Waals surface area contributed by atoms with Crippen molar-refractivity contribution in [3.05, 3.63) is 34.1 Å². The Morgan fingerprint density at radius 2 is 2.24 bits per heavy atom. The molecule has 94 valence electrons. The highest BCUT2D eigenvalue weighted by molar-refractivity contribution is 9.10. The first-order chi connectivity index (χ1) is 8.16. The third-order valence-electron chi connectivity index (χ3n) is 3.20. The first-order valence-corrected chi connectivity index (χ1v) is 6.77. The van der Waals surface area contributed by atoms with Crippen LogP contribution in [0.25, 0.3) is 0 Å². The third kappa shape index (κ3) is 3.49. The quantitative estimate of drug-likeness (QED) is 0.899. The lowest BCUT2D eigenvalue weighted by molar-refractivity contribution is 0.217. The number of halogens is 3. The smallest absolute Gasteiger partial charge is 0.137 e. The summed E-state index contributed by atoms with van der Waals surface area (Å²) >= 11 is 3.12. The fraction of sp³-hybridized carbons (Fsp3) is 0.538. The van der Waals surface area contributed by atoms with Crippen LogP contribution in [-0.4, -0.2) is 18.8 Å². The zero-order chi connectivity index (χ0) is 12.3. The molecule has 1 N–H and O–H groups in total. The van der Waals surface area contributed by atoms with Gasteiger partial charge in [-0.3, -0.25) is 0 Å². The van der Waals surface area contributed by atoms with E-state index in [2.05, 4.69) is 21.2 Å². The molecule has 1 aromatic rings. The molecular formula is C13H16BrF2N. The van der Waals surface area contributed by atoms with Gasteiger partial charge in [-0.2, -0.15) is 0 Å². The Morgan fingerprint density at radius 3 is 2.88 bits per heavy atom. The molecule has 17 heavy (non-hydrogen) atoms. The normalized spacial score (nSPS) is 22.4. The minimum atomic E-state index is -0.896. The minimum Gasteiger partial charge on any atom is -0.311 e. The summed E-state index contributed by atoms with van der Waals surface area (Å²) in [5, 5.41) is 3.20. The molecule has 0 bridgehead atoms. The van der Waals surface area contributed by atoms with Crippen LogP contribution in [0.5, 0.6) is 0 Å². The summed E-state index contributed by atoms with van der Waals surface area (Å²) in [5.74, 6) is -0.306. The van der Waals surface area contributed by atoms with Crippen molar-refractivity contribution in [2.75, 3.05) is 6.54 Å². The molecule has 1 fully saturated rings. The van der Waals surface area contributed by atoms with Gasteiger partial charge in [-0.15, -0.1) is 0 Å². The van der Waals surface area contributed by atoms with Crippen LogP contribution in [0.2, 0.25) is 0 Å². The molecule has 0 saturated carbocycles. The van der Waals surface area contributed by atoms with Crippen molar-refractivity contribution in [3.63, 3.8) is 0 Å². The standard InChI is InChI=1S/C13H16BrF2N/c14-10-7-9(4-5-11(10)15)8-12(16)13-3-1-2-6-17-13/h4-5,7,12-13,17H,1-3,6,8H2. The van der Waals surface area contributed by atoms with E-state index < -0.39 is 6.17 Å². The molecular weight excluding hydrogens is 288 g/mol. The first kappa shape index (κ1) is 13.0. The highest BCUT2D eigenvalue weighted by Gasteiger charge is 2.23. The fourth-order valence-electron chi connectivity index (χ4n) is 2.22. The van der Waals surface area contributed by atoms with Gasteiger partial charge in [-0.25, -0.2) is 8.78 Å². The molecule has 1 saturated heterocycles. The molecule has 0 radical (unpaired) electrons. The van der Waals surface area contributed by atoms with Crippen LogP contribution in [0.3, 0.4) is 0 Å². The number of piperidine rings is 1. The maximum absolute atomic E-state index is 14.0. The van der Waals surface area contributed by atoms with E-state index in [1.165, 1.54) is 6.07 Å². The highest BCUT2D eigenvalue weighted by Crippen LogP contribution is 2.21. The van der Waals surface area contributed by atoms with Crippen molar-refractivity contribution in [2.45, 2.75) is 37.9 Å². The van der Waals surface area contributed by atoms with Crippen molar-refractivity contribution in [1.82, 2.24) is 5.32 Å². The molecule has 2 atom stereocenters. The van der Waals surface area contributed by atoms with Crippen molar-refractivity contribution in [2.24, 2.45) is 0 Å². The summed E-state index contributed by atoms with van der Waals surface area (Å²) in [6.45, 7) is 0.901. The number of benzene rings is 1. The Labute approximate surface area is 109 Å². The molecule has 4 heteroatoms. The molecule has 1 aromatic carbocycles. The second-order valence-corrected chi connectivity index (χ2v) is 5.38. The third-order valence-corrected chi connectivity index (χ3v) is 3.81. The molecule has 0 amide bonds. The Morgan fingerprint density at radius 1 is 1.41 bits per heavy atom. The van der Waals surface area contributed by atoms with E-state index in [0.29, 0.717) is 10.9 Å². The van der Waals surface area contributed by atoms with E-state index >= 15 is 0 Å². The molecule has 2 rings (SSSR count). The number of hydrogen-bond acceptors (Lipinski definition) is 1. The van der Waals surface area contributed by atoms with Crippen LogP contribution >= 0.6 is 15.9 Å². The largest absolute Gasteiger partial charge is 0.311 e. The average Bonchev–Trinajstić information content (AvgIpc) is 2.35. The van der Waals surface area contributed by atoms with Crippen LogP contribution in [-0.2, 0) is 6.42 Å². The number of nitrogens with one attached hydrogen (secondary N) is 1. The Bertz CT molecular complexity index is 378. The molecule has 1 heterocycles. The summed E-state index contributed by atoms with van der Waals surface area (Å²) in [5.41, 5.74) is 0.832. The predicted molar refractivity (Wildman–Crippen MR) is 68.3 cm³/mol. The molecule has 1 nitrogen and oxygen atoms in total. The summed E-state index contributed by atoms with van der Waals surface area (Å²) in [4.78, 5) is 0. The molecule has 1 aliphatic heterocycles. The van der Waals surface area contributed by atoms with Gasteiger partial charge in [0.2, 0.25) is 0 Å². The van der Waals surface area contributed by atoms with Crippen molar-refractivity contribution in [3.8, 4) is 0 Å². The zero-order valence-corrected chi connectivity index (χ0v) is 11.1. The fourth-order valence-corrected chi connectivity index (χ4v) is 2.65. The highest BCUT2D eigenvalue weighted by atomic mass is 79.9. The summed E-state index contributed by atoms with van der Waals surface area (Å²) < 4.78 is 27.5. The second-order valence-electron chi connectivity index (χ2n) is 4.52. The van der Waals surface area contributed by atoms with E-state index in [0.717, 1.165) is 31.4 Å². The predicted octanol–water partition coefficient (Wildman–Crippen LogP) is 3.61. The van der Waals surface area contributed by atoms with Gasteiger partial charge >= 0.3 is 0 Å². The van der Waals surface area contributed by atoms with E-state index in [-0.39, 0.29) is 11.9 Å². The van der Waals surface area contributed by atoms with Gasteiger partial charge in [-0.05, 0) is 53.0 Å². The van der Waals surface area contributed by atoms with Gasteiger partial charge in [0.15, 0.2) is 0 Å². The van der Waals surface area contributed by atoms with E-state index in [9.17, 15) is 8.78 Å². The Kier molecular flexibility index (Phi) is 4.51. The molecule has 2 unspecified atom stereocenters. The van der Waals surface area contributed by atoms with Crippen molar-refractivity contribution >= 4 is 15.9 Å². The van der Waals surface area contributed by atoms with Gasteiger partial charge in [0.25, 0.3) is 0 Å². The van der Waals surface area contributed by atoms with Crippen LogP contribution in [0, 0.1) is 5.82 Å². The maximum Gasteiger partial charge on any atom is 0.137 e. The number of alkyl halides is 1. The number of hydrogen-bond donors (Lipinski definition) is 1. The first-order valence-electron chi connectivity index (χ1n) is 5.98. The van der Waals surface area contributed by atoms with Gasteiger partial charge in [-0.1, -0.05) is 12.5 Å². The Hall–Kier alpha value is -0.480. The van der Waals surface area contributed by atoms with E-state index in [1.54, 1.807) is 12.1 Å². The van der Waals surface area contributed by atoms with E-state index in [4.69, 9.17) is 0 Å². The van der Waals surface area contributed by atoms with Crippen molar-refractivity contribution in [1.29, 1.82) is 0 Å². The second kappa shape index (κ2) is 5.91. The molecule has 1 aliphatic rings. The summed E-state index contributed by atoms with van der Waals surface area (Å²) in [6, 6.07) is 4.63. The monoisotopic (exact) mass is 303 g/mol. The zero-order valence-electron chi connectivity index (χ0n) is 9.56. The lowest BCUT2D eigenvalue weighted by Gasteiger charge is -2.26. The minimum absolute atomic E-state index is 0.0485. The lowest BCUT2D eigenvalue weighted by Crippen LogP contribution is -2.42. The summed E-state index contributed by atoms with van der Waals surface area (Å²) in [7, 11) is 0. The number of rotatable bonds is 3. The van der Waals surface area contributed by atoms with Crippen LogP contribution in [0.15, 0.2) is 22.7 Å². The van der Waals surface area contributed by atoms with Crippen LogP contribution in [0.4, 0.5) is 8.78 Å². The molecule has 0 spiro atoms. The molecule has 0 aliphatic carbocycles. The topological polar surface area (TPSA) is 12.0 Å². The molecule has 0 aromatic heterocycles.